The quantitative estimate of drug-likeness (QED) is 0.900. The van der Waals surface area contributed by atoms with Crippen LogP contribution in [0.2, 0.25) is 0 Å². The van der Waals surface area contributed by atoms with Crippen LogP contribution in [0.1, 0.15) is 5.69 Å². The largest absolute Gasteiger partial charge is 0.481 e. The van der Waals surface area contributed by atoms with Gasteiger partial charge in [0.15, 0.2) is 17.5 Å². The van der Waals surface area contributed by atoms with Gasteiger partial charge < -0.3 is 10.1 Å². The lowest BCUT2D eigenvalue weighted by Gasteiger charge is -2.07. The predicted molar refractivity (Wildman–Crippen MR) is 66.1 cm³/mol. The first-order valence-corrected chi connectivity index (χ1v) is 5.38. The zero-order chi connectivity index (χ0) is 13.1. The van der Waals surface area contributed by atoms with E-state index in [-0.39, 0.29) is 5.82 Å². The van der Waals surface area contributed by atoms with Gasteiger partial charge >= 0.3 is 0 Å². The van der Waals surface area contributed by atoms with Crippen molar-refractivity contribution in [3.63, 3.8) is 0 Å². The second-order valence-electron chi connectivity index (χ2n) is 3.63. The van der Waals surface area contributed by atoms with Crippen LogP contribution in [0.25, 0.3) is 11.4 Å². The van der Waals surface area contributed by atoms with Crippen molar-refractivity contribution in [3.8, 4) is 17.3 Å². The summed E-state index contributed by atoms with van der Waals surface area (Å²) in [6.07, 6.45) is 1.59. The van der Waals surface area contributed by atoms with E-state index in [1.165, 1.54) is 0 Å². The molecule has 0 aliphatic carbocycles. The number of methoxy groups -OCH3 is 1. The molecule has 0 unspecified atom stereocenters. The van der Waals surface area contributed by atoms with Crippen LogP contribution in [0.5, 0.6) is 5.88 Å². The summed E-state index contributed by atoms with van der Waals surface area (Å²) >= 11 is 0. The SMILES string of the molecule is CNc1nc(-c2ccc(OC)nc2)nc(C)c1F. The fourth-order valence-electron chi connectivity index (χ4n) is 1.49. The number of anilines is 1. The molecule has 94 valence electrons. The number of nitrogens with zero attached hydrogens (tertiary/aromatic N) is 3. The van der Waals surface area contributed by atoms with Crippen molar-refractivity contribution < 1.29 is 9.13 Å². The molecule has 1 N–H and O–H groups in total. The fourth-order valence-corrected chi connectivity index (χ4v) is 1.49. The lowest BCUT2D eigenvalue weighted by Crippen LogP contribution is -2.03. The average Bonchev–Trinajstić information content (AvgIpc) is 2.42. The highest BCUT2D eigenvalue weighted by molar-refractivity contribution is 5.57. The Kier molecular flexibility index (Phi) is 3.36. The van der Waals surface area contributed by atoms with Gasteiger partial charge in [-0.05, 0) is 13.0 Å². The van der Waals surface area contributed by atoms with E-state index in [1.54, 1.807) is 39.4 Å². The van der Waals surface area contributed by atoms with Crippen LogP contribution < -0.4 is 10.1 Å². The summed E-state index contributed by atoms with van der Waals surface area (Å²) < 4.78 is 18.6. The van der Waals surface area contributed by atoms with E-state index in [2.05, 4.69) is 20.3 Å². The number of hydrogen-bond donors (Lipinski definition) is 1. The third-order valence-corrected chi connectivity index (χ3v) is 2.46. The number of nitrogens with one attached hydrogen (secondary N) is 1. The first-order chi connectivity index (χ1) is 8.65. The number of ether oxygens (including phenoxy) is 1. The Hall–Kier alpha value is -2.24. The van der Waals surface area contributed by atoms with Gasteiger partial charge in [0.05, 0.1) is 12.8 Å². The van der Waals surface area contributed by atoms with Crippen molar-refractivity contribution in [1.82, 2.24) is 15.0 Å². The van der Waals surface area contributed by atoms with Crippen LogP contribution in [0, 0.1) is 12.7 Å². The Morgan fingerprint density at radius 3 is 2.61 bits per heavy atom. The van der Waals surface area contributed by atoms with Gasteiger partial charge in [0, 0.05) is 24.9 Å². The summed E-state index contributed by atoms with van der Waals surface area (Å²) in [5.74, 6) is 0.663. The number of rotatable bonds is 3. The summed E-state index contributed by atoms with van der Waals surface area (Å²) in [7, 11) is 3.15. The van der Waals surface area contributed by atoms with Crippen LogP contribution >= 0.6 is 0 Å². The molecule has 0 atom stereocenters. The van der Waals surface area contributed by atoms with Gasteiger partial charge in [0.2, 0.25) is 5.88 Å². The van der Waals surface area contributed by atoms with E-state index < -0.39 is 5.82 Å². The lowest BCUT2D eigenvalue weighted by atomic mass is 10.2. The maximum Gasteiger partial charge on any atom is 0.212 e. The van der Waals surface area contributed by atoms with Gasteiger partial charge in [-0.3, -0.25) is 0 Å². The van der Waals surface area contributed by atoms with E-state index in [0.29, 0.717) is 23.0 Å². The molecule has 5 nitrogen and oxygen atoms in total. The molecular formula is C12H13FN4O. The Labute approximate surface area is 104 Å². The molecule has 0 bridgehead atoms. The molecule has 0 saturated carbocycles. The number of hydrogen-bond acceptors (Lipinski definition) is 5. The molecule has 18 heavy (non-hydrogen) atoms. The highest BCUT2D eigenvalue weighted by Crippen LogP contribution is 2.21. The van der Waals surface area contributed by atoms with E-state index in [4.69, 9.17) is 4.74 Å². The van der Waals surface area contributed by atoms with E-state index in [1.807, 2.05) is 0 Å². The molecular weight excluding hydrogens is 235 g/mol. The van der Waals surface area contributed by atoms with E-state index in [0.717, 1.165) is 0 Å². The Morgan fingerprint density at radius 2 is 2.06 bits per heavy atom. The van der Waals surface area contributed by atoms with Crippen LogP contribution in [-0.2, 0) is 0 Å². The molecule has 2 aromatic rings. The van der Waals surface area contributed by atoms with Crippen molar-refractivity contribution in [2.45, 2.75) is 6.92 Å². The minimum absolute atomic E-state index is 0.174. The van der Waals surface area contributed by atoms with Gasteiger partial charge in [-0.25, -0.2) is 19.3 Å². The maximum absolute atomic E-state index is 13.6. The molecule has 2 aromatic heterocycles. The normalized spacial score (nSPS) is 10.2. The molecule has 0 amide bonds. The molecule has 0 fully saturated rings. The number of pyridine rings is 1. The average molecular weight is 248 g/mol. The third-order valence-electron chi connectivity index (χ3n) is 2.46. The minimum Gasteiger partial charge on any atom is -0.481 e. The van der Waals surface area contributed by atoms with Crippen LogP contribution in [0.3, 0.4) is 0 Å². The summed E-state index contributed by atoms with van der Waals surface area (Å²) in [6, 6.07) is 3.48. The molecule has 0 radical (unpaired) electrons. The van der Waals surface area contributed by atoms with Crippen molar-refractivity contribution in [2.75, 3.05) is 19.5 Å². The molecule has 2 heterocycles. The smallest absolute Gasteiger partial charge is 0.212 e. The first-order valence-electron chi connectivity index (χ1n) is 5.38. The van der Waals surface area contributed by atoms with Crippen molar-refractivity contribution >= 4 is 5.82 Å². The van der Waals surface area contributed by atoms with Gasteiger partial charge in [-0.2, -0.15) is 0 Å². The van der Waals surface area contributed by atoms with Gasteiger partial charge in [-0.1, -0.05) is 0 Å². The molecule has 0 spiro atoms. The highest BCUT2D eigenvalue weighted by Gasteiger charge is 2.11. The Balaban J connectivity index is 2.46. The van der Waals surface area contributed by atoms with Crippen LogP contribution in [0.4, 0.5) is 10.2 Å². The third kappa shape index (κ3) is 2.22. The van der Waals surface area contributed by atoms with Gasteiger partial charge in [0.25, 0.3) is 0 Å². The standard InChI is InChI=1S/C12H13FN4O/c1-7-10(13)12(14-2)17-11(16-7)8-4-5-9(18-3)15-6-8/h4-6H,1-3H3,(H,14,16,17). The van der Waals surface area contributed by atoms with Crippen LogP contribution in [-0.4, -0.2) is 29.1 Å². The second-order valence-corrected chi connectivity index (χ2v) is 3.63. The van der Waals surface area contributed by atoms with Crippen molar-refractivity contribution in [2.24, 2.45) is 0 Å². The minimum atomic E-state index is -0.442. The van der Waals surface area contributed by atoms with Gasteiger partial charge in [0.1, 0.15) is 0 Å². The molecule has 0 aliphatic heterocycles. The number of aromatic nitrogens is 3. The topological polar surface area (TPSA) is 59.9 Å². The fraction of sp³-hybridized carbons (Fsp3) is 0.250. The lowest BCUT2D eigenvalue weighted by molar-refractivity contribution is 0.398. The zero-order valence-electron chi connectivity index (χ0n) is 10.4. The van der Waals surface area contributed by atoms with E-state index >= 15 is 0 Å². The summed E-state index contributed by atoms with van der Waals surface area (Å²) in [4.78, 5) is 12.3. The molecule has 0 aliphatic rings. The number of halogens is 1. The molecule has 2 rings (SSSR count). The molecule has 6 heteroatoms. The van der Waals surface area contributed by atoms with Crippen molar-refractivity contribution in [1.29, 1.82) is 0 Å². The molecule has 0 aromatic carbocycles. The Bertz CT molecular complexity index is 557. The van der Waals surface area contributed by atoms with Crippen LogP contribution in [0.15, 0.2) is 18.3 Å². The zero-order valence-corrected chi connectivity index (χ0v) is 10.4. The summed E-state index contributed by atoms with van der Waals surface area (Å²) in [6.45, 7) is 1.60. The van der Waals surface area contributed by atoms with Gasteiger partial charge in [-0.15, -0.1) is 0 Å². The molecule has 0 saturated heterocycles. The summed E-state index contributed by atoms with van der Waals surface area (Å²) in [5.41, 5.74) is 0.996. The van der Waals surface area contributed by atoms with Crippen molar-refractivity contribution in [3.05, 3.63) is 29.8 Å². The predicted octanol–water partition coefficient (Wildman–Crippen LogP) is 2.04. The highest BCUT2D eigenvalue weighted by atomic mass is 19.1. The maximum atomic E-state index is 13.6. The second kappa shape index (κ2) is 4.95. The monoisotopic (exact) mass is 248 g/mol. The Morgan fingerprint density at radius 1 is 1.28 bits per heavy atom. The summed E-state index contributed by atoms with van der Waals surface area (Å²) in [5, 5.41) is 2.70. The van der Waals surface area contributed by atoms with E-state index in [9.17, 15) is 4.39 Å². The number of aryl methyl sites for hydroxylation is 1. The first kappa shape index (κ1) is 12.2.